The Balaban J connectivity index is 2.14. The van der Waals surface area contributed by atoms with E-state index < -0.39 is 0 Å². The average Bonchev–Trinajstić information content (AvgIpc) is 2.39. The second-order valence-electron chi connectivity index (χ2n) is 3.93. The van der Waals surface area contributed by atoms with Gasteiger partial charge in [0.1, 0.15) is 5.75 Å². The van der Waals surface area contributed by atoms with Gasteiger partial charge in [0.05, 0.1) is 7.11 Å². The molecule has 0 unspecified atom stereocenters. The molecule has 0 saturated carbocycles. The Morgan fingerprint density at radius 2 is 1.95 bits per heavy atom. The van der Waals surface area contributed by atoms with Crippen molar-refractivity contribution in [3.63, 3.8) is 0 Å². The number of hydrogen-bond acceptors (Lipinski definition) is 3. The zero-order valence-corrected chi connectivity index (χ0v) is 12.6. The Bertz CT molecular complexity index is 590. The van der Waals surface area contributed by atoms with Crippen LogP contribution in [0.4, 0.5) is 5.69 Å². The molecule has 0 bridgehead atoms. The third-order valence-electron chi connectivity index (χ3n) is 2.59. The van der Waals surface area contributed by atoms with Crippen LogP contribution in [0.15, 0.2) is 41.3 Å². The lowest BCUT2D eigenvalue weighted by Crippen LogP contribution is -1.91. The zero-order valence-electron chi connectivity index (χ0n) is 10.3. The summed E-state index contributed by atoms with van der Waals surface area (Å²) in [7, 11) is 1.63. The van der Waals surface area contributed by atoms with Crippen molar-refractivity contribution in [1.29, 1.82) is 0 Å². The molecule has 0 saturated heterocycles. The molecule has 5 heteroatoms. The van der Waals surface area contributed by atoms with Gasteiger partial charge in [0, 0.05) is 32.4 Å². The minimum absolute atomic E-state index is 0.642. The maximum atomic E-state index is 6.15. The summed E-state index contributed by atoms with van der Waals surface area (Å²) in [6.45, 7) is 0. The number of nitrogen functional groups attached to an aromatic ring is 1. The molecule has 0 amide bonds. The highest BCUT2D eigenvalue weighted by Gasteiger charge is 2.07. The van der Waals surface area contributed by atoms with Crippen molar-refractivity contribution in [2.24, 2.45) is 0 Å². The molecule has 2 rings (SSSR count). The van der Waals surface area contributed by atoms with E-state index in [1.165, 1.54) is 0 Å². The maximum absolute atomic E-state index is 6.15. The van der Waals surface area contributed by atoms with E-state index in [0.29, 0.717) is 15.7 Å². The van der Waals surface area contributed by atoms with Gasteiger partial charge in [0.25, 0.3) is 0 Å². The highest BCUT2D eigenvalue weighted by atomic mass is 35.5. The topological polar surface area (TPSA) is 35.2 Å². The van der Waals surface area contributed by atoms with Crippen LogP contribution in [0, 0.1) is 0 Å². The Labute approximate surface area is 126 Å². The van der Waals surface area contributed by atoms with Crippen LogP contribution in [0.2, 0.25) is 10.0 Å². The first-order valence-electron chi connectivity index (χ1n) is 5.60. The van der Waals surface area contributed by atoms with Crippen LogP contribution in [0.25, 0.3) is 0 Å². The molecule has 0 heterocycles. The Morgan fingerprint density at radius 1 is 1.16 bits per heavy atom. The molecule has 0 fully saturated rings. The van der Waals surface area contributed by atoms with E-state index in [9.17, 15) is 0 Å². The van der Waals surface area contributed by atoms with Crippen molar-refractivity contribution in [3.05, 3.63) is 52.0 Å². The molecule has 2 nitrogen and oxygen atoms in total. The van der Waals surface area contributed by atoms with Gasteiger partial charge in [-0.3, -0.25) is 0 Å². The quantitative estimate of drug-likeness (QED) is 0.645. The van der Waals surface area contributed by atoms with Crippen molar-refractivity contribution >= 4 is 40.7 Å². The van der Waals surface area contributed by atoms with Crippen LogP contribution in [0.1, 0.15) is 5.56 Å². The first kappa shape index (κ1) is 14.4. The van der Waals surface area contributed by atoms with Crippen molar-refractivity contribution in [2.75, 3.05) is 12.8 Å². The Hall–Kier alpha value is -1.03. The fourth-order valence-corrected chi connectivity index (χ4v) is 3.16. The highest BCUT2D eigenvalue weighted by Crippen LogP contribution is 2.34. The molecule has 19 heavy (non-hydrogen) atoms. The van der Waals surface area contributed by atoms with Crippen LogP contribution >= 0.6 is 35.0 Å². The highest BCUT2D eigenvalue weighted by molar-refractivity contribution is 7.98. The minimum atomic E-state index is 0.642. The number of nitrogens with two attached hydrogens (primary N) is 1. The van der Waals surface area contributed by atoms with E-state index in [1.807, 2.05) is 30.3 Å². The van der Waals surface area contributed by atoms with Crippen LogP contribution in [0.3, 0.4) is 0 Å². The van der Waals surface area contributed by atoms with E-state index in [1.54, 1.807) is 24.9 Å². The molecule has 0 atom stereocenters. The van der Waals surface area contributed by atoms with Crippen LogP contribution in [-0.2, 0) is 5.75 Å². The first-order valence-corrected chi connectivity index (χ1v) is 7.34. The lowest BCUT2D eigenvalue weighted by Gasteiger charge is -2.09. The minimum Gasteiger partial charge on any atom is -0.496 e. The normalized spacial score (nSPS) is 10.5. The van der Waals surface area contributed by atoms with Crippen LogP contribution in [-0.4, -0.2) is 7.11 Å². The molecule has 0 aliphatic carbocycles. The van der Waals surface area contributed by atoms with E-state index in [4.69, 9.17) is 33.7 Å². The fourth-order valence-electron chi connectivity index (χ4n) is 1.60. The fraction of sp³-hybridized carbons (Fsp3) is 0.143. The van der Waals surface area contributed by atoms with Gasteiger partial charge in [-0.15, -0.1) is 11.8 Å². The van der Waals surface area contributed by atoms with Gasteiger partial charge < -0.3 is 10.5 Å². The van der Waals surface area contributed by atoms with Crippen molar-refractivity contribution in [3.8, 4) is 5.75 Å². The van der Waals surface area contributed by atoms with Crippen LogP contribution in [0.5, 0.6) is 5.75 Å². The third kappa shape index (κ3) is 3.72. The number of anilines is 1. The molecule has 2 aromatic carbocycles. The summed E-state index contributed by atoms with van der Waals surface area (Å²) in [5, 5.41) is 1.32. The SMILES string of the molecule is COc1cc(N)ccc1SCc1ccc(Cl)cc1Cl. The molecule has 100 valence electrons. The van der Waals surface area contributed by atoms with E-state index >= 15 is 0 Å². The molecule has 2 N–H and O–H groups in total. The standard InChI is InChI=1S/C14H13Cl2NOS/c1-18-13-7-11(17)4-5-14(13)19-8-9-2-3-10(15)6-12(9)16/h2-7H,8,17H2,1H3. The molecule has 0 aliphatic rings. The number of rotatable bonds is 4. The van der Waals surface area contributed by atoms with E-state index in [2.05, 4.69) is 0 Å². The van der Waals surface area contributed by atoms with Gasteiger partial charge in [-0.05, 0) is 29.8 Å². The summed E-state index contributed by atoms with van der Waals surface area (Å²) >= 11 is 13.7. The summed E-state index contributed by atoms with van der Waals surface area (Å²) in [5.74, 6) is 1.52. The Kier molecular flexibility index (Phi) is 4.86. The number of benzene rings is 2. The van der Waals surface area contributed by atoms with Gasteiger partial charge >= 0.3 is 0 Å². The maximum Gasteiger partial charge on any atom is 0.134 e. The first-order chi connectivity index (χ1) is 9.10. The number of ether oxygens (including phenoxy) is 1. The molecular formula is C14H13Cl2NOS. The van der Waals surface area contributed by atoms with Gasteiger partial charge in [-0.2, -0.15) is 0 Å². The second kappa shape index (κ2) is 6.42. The lowest BCUT2D eigenvalue weighted by molar-refractivity contribution is 0.405. The van der Waals surface area contributed by atoms with Crippen molar-refractivity contribution in [2.45, 2.75) is 10.6 Å². The summed E-state index contributed by atoms with van der Waals surface area (Å²) < 4.78 is 5.31. The second-order valence-corrected chi connectivity index (χ2v) is 5.80. The largest absolute Gasteiger partial charge is 0.496 e. The molecule has 2 aromatic rings. The smallest absolute Gasteiger partial charge is 0.134 e. The molecular weight excluding hydrogens is 301 g/mol. The number of thioether (sulfide) groups is 1. The van der Waals surface area contributed by atoms with Crippen molar-refractivity contribution in [1.82, 2.24) is 0 Å². The van der Waals surface area contributed by atoms with Gasteiger partial charge in [-0.1, -0.05) is 29.3 Å². The molecule has 0 aromatic heterocycles. The average molecular weight is 314 g/mol. The third-order valence-corrected chi connectivity index (χ3v) is 4.28. The van der Waals surface area contributed by atoms with Gasteiger partial charge in [0.15, 0.2) is 0 Å². The van der Waals surface area contributed by atoms with Gasteiger partial charge in [-0.25, -0.2) is 0 Å². The summed E-state index contributed by atoms with van der Waals surface area (Å²) in [6, 6.07) is 11.1. The number of methoxy groups -OCH3 is 1. The lowest BCUT2D eigenvalue weighted by atomic mass is 10.2. The molecule has 0 spiro atoms. The van der Waals surface area contributed by atoms with E-state index in [-0.39, 0.29) is 0 Å². The Morgan fingerprint density at radius 3 is 2.63 bits per heavy atom. The predicted octanol–water partition coefficient (Wildman–Crippen LogP) is 4.88. The number of halogens is 2. The van der Waals surface area contributed by atoms with Crippen LogP contribution < -0.4 is 10.5 Å². The molecule has 0 aliphatic heterocycles. The van der Waals surface area contributed by atoms with Gasteiger partial charge in [0.2, 0.25) is 0 Å². The van der Waals surface area contributed by atoms with E-state index in [0.717, 1.165) is 22.0 Å². The van der Waals surface area contributed by atoms with Crippen molar-refractivity contribution < 1.29 is 4.74 Å². The zero-order chi connectivity index (χ0) is 13.8. The summed E-state index contributed by atoms with van der Waals surface area (Å²) in [4.78, 5) is 1.03. The summed E-state index contributed by atoms with van der Waals surface area (Å²) in [6.07, 6.45) is 0. The number of hydrogen-bond donors (Lipinski definition) is 1. The predicted molar refractivity (Wildman–Crippen MR) is 83.4 cm³/mol. The summed E-state index contributed by atoms with van der Waals surface area (Å²) in [5.41, 5.74) is 7.45. The molecule has 0 radical (unpaired) electrons. The monoisotopic (exact) mass is 313 g/mol.